The van der Waals surface area contributed by atoms with Gasteiger partial charge in [-0.25, -0.2) is 9.36 Å². The Kier molecular flexibility index (Phi) is 6.74. The van der Waals surface area contributed by atoms with Gasteiger partial charge in [-0.05, 0) is 24.6 Å². The Balaban J connectivity index is 2.34. The van der Waals surface area contributed by atoms with E-state index in [4.69, 9.17) is 10.0 Å². The highest BCUT2D eigenvalue weighted by Crippen LogP contribution is 2.17. The molecule has 0 radical (unpaired) electrons. The third-order valence-electron chi connectivity index (χ3n) is 3.83. The second-order valence-electron chi connectivity index (χ2n) is 5.76. The lowest BCUT2D eigenvalue weighted by atomic mass is 9.92. The fourth-order valence-corrected chi connectivity index (χ4v) is 2.37. The quantitative estimate of drug-likeness (QED) is 0.286. The van der Waals surface area contributed by atoms with E-state index in [0.29, 0.717) is 4.57 Å². The van der Waals surface area contributed by atoms with Crippen LogP contribution in [0.15, 0.2) is 46.2 Å². The molecule has 0 fully saturated rings. The number of hydrogen-bond donors (Lipinski definition) is 5. The number of aromatic hydroxyl groups is 1. The van der Waals surface area contributed by atoms with Gasteiger partial charge in [0, 0.05) is 18.9 Å². The number of phenols is 1. The van der Waals surface area contributed by atoms with Crippen molar-refractivity contribution in [2.24, 2.45) is 0 Å². The molecular formula is C16H19BN4O7. The monoisotopic (exact) mass is 390 g/mol. The summed E-state index contributed by atoms with van der Waals surface area (Å²) in [6.45, 7) is 1.91. The molecule has 2 rings (SSSR count). The van der Waals surface area contributed by atoms with E-state index in [1.807, 2.05) is 0 Å². The average Bonchev–Trinajstić information content (AvgIpc) is 2.67. The summed E-state index contributed by atoms with van der Waals surface area (Å²) in [6.07, 6.45) is 1.88. The first-order chi connectivity index (χ1) is 13.2. The van der Waals surface area contributed by atoms with Gasteiger partial charge in [0.1, 0.15) is 11.8 Å². The zero-order chi connectivity index (χ0) is 20.8. The van der Waals surface area contributed by atoms with Crippen LogP contribution in [0.3, 0.4) is 0 Å². The molecule has 0 aliphatic rings. The van der Waals surface area contributed by atoms with Gasteiger partial charge in [0.05, 0.1) is 6.44 Å². The van der Waals surface area contributed by atoms with Crippen LogP contribution in [-0.2, 0) is 11.3 Å². The minimum Gasteiger partial charge on any atom is -0.508 e. The summed E-state index contributed by atoms with van der Waals surface area (Å²) in [5.74, 6) is -0.860. The minimum atomic E-state index is -1.80. The number of carbonyl (C=O) groups excluding carboxylic acids is 2. The molecule has 11 nitrogen and oxygen atoms in total. The number of nitrogens with one attached hydrogen (secondary N) is 2. The number of phenolic OH excluding ortho intramolecular Hbond substituents is 1. The molecule has 1 atom stereocenters. The molecule has 1 aromatic heterocycles. The van der Waals surface area contributed by atoms with E-state index >= 15 is 0 Å². The molecule has 0 spiro atoms. The highest BCUT2D eigenvalue weighted by molar-refractivity contribution is 6.41. The first kappa shape index (κ1) is 20.9. The van der Waals surface area contributed by atoms with E-state index in [1.54, 1.807) is 6.92 Å². The van der Waals surface area contributed by atoms with Crippen molar-refractivity contribution >= 4 is 19.1 Å². The lowest BCUT2D eigenvalue weighted by Crippen LogP contribution is -2.49. The average molecular weight is 390 g/mol. The number of amides is 2. The molecule has 0 unspecified atom stereocenters. The Bertz CT molecular complexity index is 968. The summed E-state index contributed by atoms with van der Waals surface area (Å²) in [7, 11) is -1.80. The molecule has 0 aliphatic heterocycles. The maximum atomic E-state index is 12.5. The van der Waals surface area contributed by atoms with Crippen LogP contribution in [0.1, 0.15) is 18.5 Å². The largest absolute Gasteiger partial charge is 0.508 e. The standard InChI is InChI=1S/C16H19BN4O7/c1-2-20-7-8-21(15(25)14(20)24)16(26)19-12(13(23)18-9-17(27)28)10-3-5-11(22)6-4-10/h3-8,12,22,27-28H,2,9H2,1H3,(H,18,23)(H,19,26)/t12-/m1/s1. The number of aryl methyl sites for hydroxylation is 1. The SMILES string of the molecule is CCn1ccn(C(=O)N[C@@H](C(=O)NCB(O)O)c2ccc(O)cc2)c(=O)c1=O. The van der Waals surface area contributed by atoms with Crippen molar-refractivity contribution in [3.8, 4) is 5.75 Å². The Morgan fingerprint density at radius 3 is 2.32 bits per heavy atom. The summed E-state index contributed by atoms with van der Waals surface area (Å²) in [6, 6.07) is 2.96. The van der Waals surface area contributed by atoms with E-state index in [9.17, 15) is 24.3 Å². The molecule has 0 bridgehead atoms. The smallest absolute Gasteiger partial charge is 0.472 e. The van der Waals surface area contributed by atoms with Crippen LogP contribution >= 0.6 is 0 Å². The van der Waals surface area contributed by atoms with E-state index < -0.39 is 42.7 Å². The molecular weight excluding hydrogens is 371 g/mol. The summed E-state index contributed by atoms with van der Waals surface area (Å²) in [5.41, 5.74) is -1.72. The van der Waals surface area contributed by atoms with Crippen molar-refractivity contribution < 1.29 is 24.7 Å². The first-order valence-electron chi connectivity index (χ1n) is 8.30. The normalized spacial score (nSPS) is 11.5. The van der Waals surface area contributed by atoms with Crippen molar-refractivity contribution in [2.75, 3.05) is 6.44 Å². The molecule has 0 saturated carbocycles. The summed E-state index contributed by atoms with van der Waals surface area (Å²) < 4.78 is 1.66. The van der Waals surface area contributed by atoms with Crippen LogP contribution in [0.4, 0.5) is 4.79 Å². The first-order valence-corrected chi connectivity index (χ1v) is 8.30. The van der Waals surface area contributed by atoms with Crippen LogP contribution < -0.4 is 21.8 Å². The molecule has 12 heteroatoms. The van der Waals surface area contributed by atoms with Crippen molar-refractivity contribution in [3.63, 3.8) is 0 Å². The van der Waals surface area contributed by atoms with Gasteiger partial charge in [-0.3, -0.25) is 14.4 Å². The fourth-order valence-electron chi connectivity index (χ4n) is 2.37. The molecule has 2 amide bonds. The zero-order valence-corrected chi connectivity index (χ0v) is 14.9. The second kappa shape index (κ2) is 9.02. The van der Waals surface area contributed by atoms with Gasteiger partial charge in [-0.1, -0.05) is 12.1 Å². The topological polar surface area (TPSA) is 163 Å². The molecule has 5 N–H and O–H groups in total. The predicted octanol–water partition coefficient (Wildman–Crippen LogP) is -1.84. The number of hydrogen-bond acceptors (Lipinski definition) is 7. The highest BCUT2D eigenvalue weighted by Gasteiger charge is 2.25. The van der Waals surface area contributed by atoms with Gasteiger partial charge in [-0.2, -0.15) is 0 Å². The number of carbonyl (C=O) groups is 2. The van der Waals surface area contributed by atoms with Gasteiger partial charge in [0.2, 0.25) is 5.91 Å². The van der Waals surface area contributed by atoms with Crippen molar-refractivity contribution in [1.29, 1.82) is 0 Å². The maximum Gasteiger partial charge on any atom is 0.472 e. The molecule has 1 aromatic carbocycles. The van der Waals surface area contributed by atoms with Crippen LogP contribution in [-0.4, -0.2) is 49.8 Å². The maximum absolute atomic E-state index is 12.5. The molecule has 2 aromatic rings. The minimum absolute atomic E-state index is 0.0700. The van der Waals surface area contributed by atoms with E-state index in [0.717, 1.165) is 10.8 Å². The third-order valence-corrected chi connectivity index (χ3v) is 3.83. The predicted molar refractivity (Wildman–Crippen MR) is 98.6 cm³/mol. The van der Waals surface area contributed by atoms with Gasteiger partial charge in [0.15, 0.2) is 0 Å². The van der Waals surface area contributed by atoms with Crippen LogP contribution in [0, 0.1) is 0 Å². The Morgan fingerprint density at radius 2 is 1.75 bits per heavy atom. The van der Waals surface area contributed by atoms with Crippen LogP contribution in [0.2, 0.25) is 0 Å². The second-order valence-corrected chi connectivity index (χ2v) is 5.76. The lowest BCUT2D eigenvalue weighted by Gasteiger charge is -2.19. The number of benzene rings is 1. The lowest BCUT2D eigenvalue weighted by molar-refractivity contribution is -0.122. The number of rotatable bonds is 6. The highest BCUT2D eigenvalue weighted by atomic mass is 16.4. The molecule has 1 heterocycles. The Hall–Kier alpha value is -3.38. The number of nitrogens with zero attached hydrogens (tertiary/aromatic N) is 2. The van der Waals surface area contributed by atoms with Crippen molar-refractivity contribution in [2.45, 2.75) is 19.5 Å². The Morgan fingerprint density at radius 1 is 1.11 bits per heavy atom. The molecule has 28 heavy (non-hydrogen) atoms. The van der Waals surface area contributed by atoms with E-state index in [-0.39, 0.29) is 17.9 Å². The van der Waals surface area contributed by atoms with Gasteiger partial charge in [-0.15, -0.1) is 0 Å². The number of aromatic nitrogens is 2. The third kappa shape index (κ3) is 4.87. The fraction of sp³-hybridized carbons (Fsp3) is 0.250. The van der Waals surface area contributed by atoms with Gasteiger partial charge >= 0.3 is 24.3 Å². The van der Waals surface area contributed by atoms with Crippen LogP contribution in [0.5, 0.6) is 5.75 Å². The van der Waals surface area contributed by atoms with Gasteiger partial charge in [0.25, 0.3) is 0 Å². The molecule has 148 valence electrons. The summed E-state index contributed by atoms with van der Waals surface area (Å²) in [4.78, 5) is 48.9. The Labute approximate surface area is 159 Å². The van der Waals surface area contributed by atoms with Gasteiger partial charge < -0.3 is 30.4 Å². The summed E-state index contributed by atoms with van der Waals surface area (Å²) in [5, 5.41) is 31.7. The molecule has 0 aliphatic carbocycles. The molecule has 0 saturated heterocycles. The zero-order valence-electron chi connectivity index (χ0n) is 14.9. The van der Waals surface area contributed by atoms with Crippen LogP contribution in [0.25, 0.3) is 0 Å². The summed E-state index contributed by atoms with van der Waals surface area (Å²) >= 11 is 0. The van der Waals surface area contributed by atoms with E-state index in [1.165, 1.54) is 30.5 Å². The van der Waals surface area contributed by atoms with E-state index in [2.05, 4.69) is 10.6 Å². The van der Waals surface area contributed by atoms with Crippen molar-refractivity contribution in [1.82, 2.24) is 19.8 Å². The van der Waals surface area contributed by atoms with Crippen molar-refractivity contribution in [3.05, 3.63) is 62.9 Å².